The van der Waals surface area contributed by atoms with Crippen molar-refractivity contribution in [3.63, 3.8) is 0 Å². The minimum atomic E-state index is 0.123. The smallest absolute Gasteiger partial charge is 0.224 e. The lowest BCUT2D eigenvalue weighted by Crippen LogP contribution is -2.11. The molecule has 3 rings (SSSR count). The van der Waals surface area contributed by atoms with Gasteiger partial charge in [-0.05, 0) is 43.5 Å². The molecule has 0 saturated carbocycles. The highest BCUT2D eigenvalue weighted by Gasteiger charge is 2.15. The molecule has 1 fully saturated rings. The minimum Gasteiger partial charge on any atom is -0.361 e. The van der Waals surface area contributed by atoms with E-state index in [0.717, 1.165) is 34.7 Å². The van der Waals surface area contributed by atoms with E-state index in [1.807, 2.05) is 52.1 Å². The summed E-state index contributed by atoms with van der Waals surface area (Å²) in [7, 11) is 4.00. The fourth-order valence-corrected chi connectivity index (χ4v) is 5.60. The Balaban J connectivity index is 1.40. The molecule has 1 amide bonds. The van der Waals surface area contributed by atoms with Crippen LogP contribution in [-0.4, -0.2) is 21.9 Å². The fraction of sp³-hybridized carbons (Fsp3) is 0.438. The Morgan fingerprint density at radius 3 is 3.14 bits per heavy atom. The van der Waals surface area contributed by atoms with Gasteiger partial charge in [-0.1, -0.05) is 28.0 Å². The molecule has 3 nitrogen and oxygen atoms in total. The van der Waals surface area contributed by atoms with E-state index in [9.17, 15) is 4.79 Å². The third-order valence-electron chi connectivity index (χ3n) is 3.74. The number of carbonyl (C=O) groups is 1. The second-order valence-corrected chi connectivity index (χ2v) is 8.19. The summed E-state index contributed by atoms with van der Waals surface area (Å²) in [4.78, 5) is 15.1. The molecule has 2 aromatic rings. The molecule has 1 saturated heterocycles. The van der Waals surface area contributed by atoms with Crippen LogP contribution in [0.4, 0.5) is 5.69 Å². The van der Waals surface area contributed by atoms with Gasteiger partial charge in [0.25, 0.3) is 0 Å². The molecule has 2 N–H and O–H groups in total. The minimum absolute atomic E-state index is 0.123. The number of hydrogen-bond acceptors (Lipinski definition) is 3. The van der Waals surface area contributed by atoms with Gasteiger partial charge in [-0.25, -0.2) is 0 Å². The number of carbonyl (C=O) groups excluding carboxylic acids is 1. The monoisotopic (exact) mass is 320 g/mol. The molecule has 112 valence electrons. The molecule has 0 bridgehead atoms. The largest absolute Gasteiger partial charge is 0.361 e. The van der Waals surface area contributed by atoms with Gasteiger partial charge >= 0.3 is 0 Å². The zero-order chi connectivity index (χ0) is 14.5. The first-order valence-electron chi connectivity index (χ1n) is 7.46. The zero-order valence-electron chi connectivity index (χ0n) is 11.9. The van der Waals surface area contributed by atoms with Crippen molar-refractivity contribution in [2.24, 2.45) is 0 Å². The highest BCUT2D eigenvalue weighted by Crippen LogP contribution is 2.39. The predicted octanol–water partition coefficient (Wildman–Crippen LogP) is 4.82. The highest BCUT2D eigenvalue weighted by atomic mass is 33.1. The van der Waals surface area contributed by atoms with Gasteiger partial charge in [-0.2, -0.15) is 0 Å². The molecular formula is C16H20N2OS2. The number of aromatic amines is 1. The van der Waals surface area contributed by atoms with E-state index in [4.69, 9.17) is 0 Å². The Morgan fingerprint density at radius 2 is 2.29 bits per heavy atom. The van der Waals surface area contributed by atoms with E-state index >= 15 is 0 Å². The Labute approximate surface area is 133 Å². The molecule has 0 spiro atoms. The number of nitrogens with one attached hydrogen (secondary N) is 2. The van der Waals surface area contributed by atoms with Crippen molar-refractivity contribution < 1.29 is 4.79 Å². The quantitative estimate of drug-likeness (QED) is 0.592. The number of aromatic nitrogens is 1. The summed E-state index contributed by atoms with van der Waals surface area (Å²) in [6, 6.07) is 7.97. The molecular weight excluding hydrogens is 300 g/mol. The SMILES string of the molecule is O=C(CCCC[C@H]1CCSS1)Nc1ccc2[nH]ccc2c1. The van der Waals surface area contributed by atoms with E-state index in [2.05, 4.69) is 10.3 Å². The van der Waals surface area contributed by atoms with Gasteiger partial charge in [0.05, 0.1) is 0 Å². The average molecular weight is 320 g/mol. The van der Waals surface area contributed by atoms with Crippen LogP contribution in [0.25, 0.3) is 10.9 Å². The summed E-state index contributed by atoms with van der Waals surface area (Å²) in [5.41, 5.74) is 1.98. The molecule has 0 aliphatic carbocycles. The lowest BCUT2D eigenvalue weighted by molar-refractivity contribution is -0.116. The van der Waals surface area contributed by atoms with Gasteiger partial charge in [0.2, 0.25) is 5.91 Å². The van der Waals surface area contributed by atoms with Crippen LogP contribution in [0.2, 0.25) is 0 Å². The summed E-state index contributed by atoms with van der Waals surface area (Å²) in [5, 5.41) is 4.93. The van der Waals surface area contributed by atoms with Crippen molar-refractivity contribution in [2.75, 3.05) is 11.1 Å². The summed E-state index contributed by atoms with van der Waals surface area (Å²) in [6.07, 6.45) is 7.26. The normalized spacial score (nSPS) is 18.2. The molecule has 21 heavy (non-hydrogen) atoms. The van der Waals surface area contributed by atoms with Gasteiger partial charge in [-0.15, -0.1) is 0 Å². The van der Waals surface area contributed by atoms with Crippen molar-refractivity contribution >= 4 is 44.1 Å². The predicted molar refractivity (Wildman–Crippen MR) is 93.9 cm³/mol. The number of fused-ring (bicyclic) bond motifs is 1. The first-order valence-corrected chi connectivity index (χ1v) is 9.85. The zero-order valence-corrected chi connectivity index (χ0v) is 13.6. The van der Waals surface area contributed by atoms with E-state index in [-0.39, 0.29) is 5.91 Å². The molecule has 1 aromatic heterocycles. The van der Waals surface area contributed by atoms with Gasteiger partial charge < -0.3 is 10.3 Å². The number of unbranched alkanes of at least 4 members (excludes halogenated alkanes) is 1. The summed E-state index contributed by atoms with van der Waals surface area (Å²) in [5.74, 6) is 1.41. The fourth-order valence-electron chi connectivity index (χ4n) is 2.58. The van der Waals surface area contributed by atoms with E-state index in [1.54, 1.807) is 0 Å². The summed E-state index contributed by atoms with van der Waals surface area (Å²) >= 11 is 0. The van der Waals surface area contributed by atoms with Gasteiger partial charge in [0, 0.05) is 40.2 Å². The van der Waals surface area contributed by atoms with E-state index < -0.39 is 0 Å². The number of amides is 1. The summed E-state index contributed by atoms with van der Waals surface area (Å²) in [6.45, 7) is 0. The maximum Gasteiger partial charge on any atom is 0.224 e. The van der Waals surface area contributed by atoms with Gasteiger partial charge in [0.15, 0.2) is 0 Å². The van der Waals surface area contributed by atoms with Crippen molar-refractivity contribution in [1.29, 1.82) is 0 Å². The molecule has 0 radical (unpaired) electrons. The topological polar surface area (TPSA) is 44.9 Å². The van der Waals surface area contributed by atoms with Gasteiger partial charge in [-0.3, -0.25) is 4.79 Å². The number of hydrogen-bond donors (Lipinski definition) is 2. The first-order chi connectivity index (χ1) is 10.3. The van der Waals surface area contributed by atoms with E-state index in [0.29, 0.717) is 6.42 Å². The number of benzene rings is 1. The van der Waals surface area contributed by atoms with Crippen molar-refractivity contribution in [2.45, 2.75) is 37.4 Å². The average Bonchev–Trinajstić information content (AvgIpc) is 3.14. The first kappa shape index (κ1) is 14.9. The van der Waals surface area contributed by atoms with Gasteiger partial charge in [0.1, 0.15) is 0 Å². The van der Waals surface area contributed by atoms with Crippen LogP contribution in [-0.2, 0) is 4.79 Å². The number of anilines is 1. The van der Waals surface area contributed by atoms with E-state index in [1.165, 1.54) is 18.6 Å². The molecule has 1 aliphatic heterocycles. The van der Waals surface area contributed by atoms with Crippen LogP contribution >= 0.6 is 21.6 Å². The van der Waals surface area contributed by atoms with Crippen molar-refractivity contribution in [3.05, 3.63) is 30.5 Å². The number of rotatable bonds is 6. The maximum atomic E-state index is 12.0. The molecule has 1 aliphatic rings. The Kier molecular flexibility index (Phi) is 5.14. The van der Waals surface area contributed by atoms with Crippen LogP contribution < -0.4 is 5.32 Å². The molecule has 5 heteroatoms. The second kappa shape index (κ2) is 7.27. The summed E-state index contributed by atoms with van der Waals surface area (Å²) < 4.78 is 0. The lowest BCUT2D eigenvalue weighted by atomic mass is 10.1. The highest BCUT2D eigenvalue weighted by molar-refractivity contribution is 8.77. The lowest BCUT2D eigenvalue weighted by Gasteiger charge is -2.07. The maximum absolute atomic E-state index is 12.0. The molecule has 1 atom stereocenters. The van der Waals surface area contributed by atoms with Crippen LogP contribution in [0, 0.1) is 0 Å². The van der Waals surface area contributed by atoms with Crippen LogP contribution in [0.5, 0.6) is 0 Å². The van der Waals surface area contributed by atoms with Crippen molar-refractivity contribution in [3.8, 4) is 0 Å². The number of H-pyrrole nitrogens is 1. The Morgan fingerprint density at radius 1 is 1.33 bits per heavy atom. The van der Waals surface area contributed by atoms with Crippen LogP contribution in [0.1, 0.15) is 32.1 Å². The Bertz CT molecular complexity index is 605. The third-order valence-corrected chi connectivity index (χ3v) is 6.75. The molecule has 2 heterocycles. The molecule has 1 aromatic carbocycles. The van der Waals surface area contributed by atoms with Crippen molar-refractivity contribution in [1.82, 2.24) is 4.98 Å². The van der Waals surface area contributed by atoms with Crippen LogP contribution in [0.15, 0.2) is 30.5 Å². The standard InChI is InChI=1S/C16H20N2OS2/c19-16(4-2-1-3-14-8-10-20-21-14)18-13-5-6-15-12(11-13)7-9-17-15/h5-7,9,11,14,17H,1-4,8,10H2,(H,18,19)/t14-/m0/s1. The van der Waals surface area contributed by atoms with Crippen LogP contribution in [0.3, 0.4) is 0 Å². The molecule has 0 unspecified atom stereocenters. The Hall–Kier alpha value is -1.07. The third kappa shape index (κ3) is 4.20. The second-order valence-electron chi connectivity index (χ2n) is 5.40.